The van der Waals surface area contributed by atoms with Crippen molar-refractivity contribution in [1.82, 2.24) is 9.62 Å². The van der Waals surface area contributed by atoms with E-state index >= 15 is 0 Å². The molecule has 1 aliphatic carbocycles. The molecule has 0 bridgehead atoms. The van der Waals surface area contributed by atoms with E-state index in [2.05, 4.69) is 5.32 Å². The summed E-state index contributed by atoms with van der Waals surface area (Å²) in [7, 11) is -3.18. The number of hydrogen-bond donors (Lipinski definition) is 2. The largest absolute Gasteiger partial charge is 0.481 e. The van der Waals surface area contributed by atoms with Gasteiger partial charge in [0.1, 0.15) is 0 Å². The lowest BCUT2D eigenvalue weighted by Crippen LogP contribution is -2.46. The Morgan fingerprint density at radius 1 is 1.19 bits per heavy atom. The lowest BCUT2D eigenvalue weighted by Gasteiger charge is -2.30. The van der Waals surface area contributed by atoms with Gasteiger partial charge in [0.2, 0.25) is 15.9 Å². The highest BCUT2D eigenvalue weighted by molar-refractivity contribution is 7.88. The minimum atomic E-state index is -3.18. The van der Waals surface area contributed by atoms with Crippen LogP contribution >= 0.6 is 0 Å². The molecule has 2 rings (SSSR count). The highest BCUT2D eigenvalue weighted by Crippen LogP contribution is 2.58. The molecule has 120 valence electrons. The van der Waals surface area contributed by atoms with Crippen LogP contribution in [-0.2, 0) is 19.6 Å². The summed E-state index contributed by atoms with van der Waals surface area (Å²) in [5.41, 5.74) is -0.511. The molecule has 0 aromatic carbocycles. The van der Waals surface area contributed by atoms with Crippen LogP contribution in [0.5, 0.6) is 0 Å². The van der Waals surface area contributed by atoms with Crippen LogP contribution in [0.2, 0.25) is 0 Å². The predicted molar refractivity (Wildman–Crippen MR) is 76.0 cm³/mol. The second kappa shape index (κ2) is 5.24. The molecule has 1 saturated heterocycles. The third kappa shape index (κ3) is 3.21. The van der Waals surface area contributed by atoms with Gasteiger partial charge in [-0.05, 0) is 18.3 Å². The summed E-state index contributed by atoms with van der Waals surface area (Å²) < 4.78 is 24.2. The molecule has 1 aliphatic heterocycles. The fourth-order valence-electron chi connectivity index (χ4n) is 3.21. The Hall–Kier alpha value is -1.15. The van der Waals surface area contributed by atoms with Gasteiger partial charge >= 0.3 is 5.97 Å². The molecule has 8 heteroatoms. The van der Waals surface area contributed by atoms with Gasteiger partial charge in [0.05, 0.1) is 18.1 Å². The second-order valence-electron chi connectivity index (χ2n) is 6.56. The molecular weight excluding hydrogens is 296 g/mol. The standard InChI is InChI=1S/C13H22N2O5S/c1-13(2)9(10(13)12(17)18)11(16)14-8-4-6-15(7-5-8)21(3,19)20/h8-10H,4-7H2,1-3H3,(H,14,16)(H,17,18). The molecule has 21 heavy (non-hydrogen) atoms. The number of nitrogens with one attached hydrogen (secondary N) is 1. The first kappa shape index (κ1) is 16.2. The second-order valence-corrected chi connectivity index (χ2v) is 8.54. The number of carboxylic acid groups (broad SMARTS) is 1. The molecule has 0 spiro atoms. The lowest BCUT2D eigenvalue weighted by atomic mass is 10.1. The molecule has 7 nitrogen and oxygen atoms in total. The fraction of sp³-hybridized carbons (Fsp3) is 0.846. The summed E-state index contributed by atoms with van der Waals surface area (Å²) in [5.74, 6) is -2.30. The van der Waals surface area contributed by atoms with Crippen molar-refractivity contribution in [2.45, 2.75) is 32.7 Å². The van der Waals surface area contributed by atoms with Gasteiger partial charge < -0.3 is 10.4 Å². The first-order valence-corrected chi connectivity index (χ1v) is 8.88. The Bertz CT molecular complexity index is 549. The molecule has 0 aromatic heterocycles. The average molecular weight is 318 g/mol. The van der Waals surface area contributed by atoms with Crippen LogP contribution in [-0.4, -0.2) is 55.1 Å². The van der Waals surface area contributed by atoms with E-state index in [0.29, 0.717) is 25.9 Å². The summed E-state index contributed by atoms with van der Waals surface area (Å²) in [5, 5.41) is 12.0. The smallest absolute Gasteiger partial charge is 0.307 e. The quantitative estimate of drug-likeness (QED) is 0.752. The van der Waals surface area contributed by atoms with E-state index in [4.69, 9.17) is 5.11 Å². The third-order valence-electron chi connectivity index (χ3n) is 4.65. The van der Waals surface area contributed by atoms with Gasteiger partial charge in [0, 0.05) is 19.1 Å². The molecule has 2 fully saturated rings. The number of nitrogens with zero attached hydrogens (tertiary/aromatic N) is 1. The molecule has 2 unspecified atom stereocenters. The van der Waals surface area contributed by atoms with E-state index < -0.39 is 33.2 Å². The molecule has 2 N–H and O–H groups in total. The Morgan fingerprint density at radius 3 is 2.10 bits per heavy atom. The highest BCUT2D eigenvalue weighted by atomic mass is 32.2. The molecule has 0 radical (unpaired) electrons. The van der Waals surface area contributed by atoms with Gasteiger partial charge in [-0.3, -0.25) is 9.59 Å². The van der Waals surface area contributed by atoms with Gasteiger partial charge in [-0.25, -0.2) is 12.7 Å². The Kier molecular flexibility index (Phi) is 4.05. The Balaban J connectivity index is 1.88. The zero-order valence-corrected chi connectivity index (χ0v) is 13.3. The summed E-state index contributed by atoms with van der Waals surface area (Å²) in [4.78, 5) is 23.3. The van der Waals surface area contributed by atoms with Gasteiger partial charge in [-0.15, -0.1) is 0 Å². The number of hydrogen-bond acceptors (Lipinski definition) is 4. The maximum atomic E-state index is 12.2. The summed E-state index contributed by atoms with van der Waals surface area (Å²) in [6.45, 7) is 4.34. The van der Waals surface area contributed by atoms with Crippen LogP contribution in [0.25, 0.3) is 0 Å². The third-order valence-corrected chi connectivity index (χ3v) is 5.95. The maximum absolute atomic E-state index is 12.2. The normalized spacial score (nSPS) is 29.9. The van der Waals surface area contributed by atoms with E-state index in [-0.39, 0.29) is 11.9 Å². The number of amides is 1. The Morgan fingerprint density at radius 2 is 1.71 bits per heavy atom. The zero-order valence-electron chi connectivity index (χ0n) is 12.5. The summed E-state index contributed by atoms with van der Waals surface area (Å²) in [6.07, 6.45) is 2.30. The van der Waals surface area contributed by atoms with Gasteiger partial charge in [0.25, 0.3) is 0 Å². The monoisotopic (exact) mass is 318 g/mol. The van der Waals surface area contributed by atoms with Gasteiger partial charge in [-0.1, -0.05) is 13.8 Å². The molecule has 0 aromatic rings. The molecular formula is C13H22N2O5S. The van der Waals surface area contributed by atoms with Crippen LogP contribution in [0.4, 0.5) is 0 Å². The van der Waals surface area contributed by atoms with E-state index in [9.17, 15) is 18.0 Å². The number of aliphatic carboxylic acids is 1. The van der Waals surface area contributed by atoms with Crippen LogP contribution in [0.15, 0.2) is 0 Å². The first-order chi connectivity index (χ1) is 9.55. The van der Waals surface area contributed by atoms with Crippen molar-refractivity contribution in [1.29, 1.82) is 0 Å². The van der Waals surface area contributed by atoms with E-state index in [0.717, 1.165) is 0 Å². The average Bonchev–Trinajstić information content (AvgIpc) is 2.92. The van der Waals surface area contributed by atoms with E-state index in [1.54, 1.807) is 13.8 Å². The van der Waals surface area contributed by atoms with Gasteiger partial charge in [0.15, 0.2) is 0 Å². The van der Waals surface area contributed by atoms with Crippen LogP contribution < -0.4 is 5.32 Å². The Labute approximate surface area is 124 Å². The molecule has 2 atom stereocenters. The number of carbonyl (C=O) groups excluding carboxylic acids is 1. The van der Waals surface area contributed by atoms with Crippen LogP contribution in [0.3, 0.4) is 0 Å². The van der Waals surface area contributed by atoms with Crippen molar-refractivity contribution in [3.05, 3.63) is 0 Å². The fourth-order valence-corrected chi connectivity index (χ4v) is 4.08. The maximum Gasteiger partial charge on any atom is 0.307 e. The number of carbonyl (C=O) groups is 2. The molecule has 2 aliphatic rings. The highest BCUT2D eigenvalue weighted by Gasteiger charge is 2.66. The summed E-state index contributed by atoms with van der Waals surface area (Å²) in [6, 6.07) is -0.0821. The van der Waals surface area contributed by atoms with E-state index in [1.165, 1.54) is 10.6 Å². The number of rotatable bonds is 4. The van der Waals surface area contributed by atoms with E-state index in [1.807, 2.05) is 0 Å². The van der Waals surface area contributed by atoms with Crippen molar-refractivity contribution in [2.24, 2.45) is 17.3 Å². The lowest BCUT2D eigenvalue weighted by molar-refractivity contribution is -0.140. The van der Waals surface area contributed by atoms with Crippen molar-refractivity contribution in [2.75, 3.05) is 19.3 Å². The number of piperidine rings is 1. The van der Waals surface area contributed by atoms with Gasteiger partial charge in [-0.2, -0.15) is 0 Å². The van der Waals surface area contributed by atoms with Crippen molar-refractivity contribution in [3.8, 4) is 0 Å². The zero-order chi connectivity index (χ0) is 16.0. The first-order valence-electron chi connectivity index (χ1n) is 7.03. The summed E-state index contributed by atoms with van der Waals surface area (Å²) >= 11 is 0. The van der Waals surface area contributed by atoms with Crippen molar-refractivity contribution in [3.63, 3.8) is 0 Å². The van der Waals surface area contributed by atoms with Crippen LogP contribution in [0, 0.1) is 17.3 Å². The SMILES string of the molecule is CC1(C)C(C(=O)O)C1C(=O)NC1CCN(S(C)(=O)=O)CC1. The topological polar surface area (TPSA) is 104 Å². The number of sulfonamides is 1. The predicted octanol–water partition coefficient (Wildman–Crippen LogP) is -0.117. The minimum absolute atomic E-state index is 0.0821. The molecule has 1 saturated carbocycles. The molecule has 1 heterocycles. The van der Waals surface area contributed by atoms with Crippen molar-refractivity contribution >= 4 is 21.9 Å². The van der Waals surface area contributed by atoms with Crippen LogP contribution in [0.1, 0.15) is 26.7 Å². The molecule has 1 amide bonds. The minimum Gasteiger partial charge on any atom is -0.481 e. The number of carboxylic acids is 1. The van der Waals surface area contributed by atoms with Crippen molar-refractivity contribution < 1.29 is 23.1 Å².